The number of carbonyl (C=O) groups is 3. The van der Waals surface area contributed by atoms with Crippen LogP contribution < -0.4 is 0 Å². The lowest BCUT2D eigenvalue weighted by atomic mass is 10.1. The molecule has 0 radical (unpaired) electrons. The second kappa shape index (κ2) is 9.47. The highest BCUT2D eigenvalue weighted by molar-refractivity contribution is 6.01. The van der Waals surface area contributed by atoms with Gasteiger partial charge in [-0.05, 0) is 37.4 Å². The average molecular weight is 393 g/mol. The fourth-order valence-corrected chi connectivity index (χ4v) is 3.29. The zero-order chi connectivity index (χ0) is 20.8. The molecule has 0 bridgehead atoms. The van der Waals surface area contributed by atoms with Crippen LogP contribution in [0.25, 0.3) is 0 Å². The quantitative estimate of drug-likeness (QED) is 0.647. The molecule has 0 aromatic heterocycles. The summed E-state index contributed by atoms with van der Waals surface area (Å²) in [5.41, 5.74) is 2.53. The van der Waals surface area contributed by atoms with Gasteiger partial charge in [0.15, 0.2) is 0 Å². The Morgan fingerprint density at radius 1 is 0.862 bits per heavy atom. The van der Waals surface area contributed by atoms with E-state index in [4.69, 9.17) is 0 Å². The van der Waals surface area contributed by atoms with Gasteiger partial charge >= 0.3 is 0 Å². The third kappa shape index (κ3) is 5.51. The van der Waals surface area contributed by atoms with Gasteiger partial charge in [-0.1, -0.05) is 42.5 Å². The smallest absolute Gasteiger partial charge is 0.254 e. The Labute approximate surface area is 171 Å². The van der Waals surface area contributed by atoms with E-state index in [0.717, 1.165) is 17.7 Å². The van der Waals surface area contributed by atoms with Crippen molar-refractivity contribution in [1.82, 2.24) is 14.7 Å². The summed E-state index contributed by atoms with van der Waals surface area (Å²) in [5.74, 6) is -0.295. The van der Waals surface area contributed by atoms with Crippen LogP contribution in [0, 0.1) is 0 Å². The second-order valence-electron chi connectivity index (χ2n) is 7.59. The highest BCUT2D eigenvalue weighted by Crippen LogP contribution is 2.17. The third-order valence-corrected chi connectivity index (χ3v) is 5.02. The van der Waals surface area contributed by atoms with Crippen LogP contribution in [0.5, 0.6) is 0 Å². The summed E-state index contributed by atoms with van der Waals surface area (Å²) >= 11 is 0. The first-order valence-electron chi connectivity index (χ1n) is 9.84. The van der Waals surface area contributed by atoms with Crippen molar-refractivity contribution >= 4 is 17.7 Å². The Morgan fingerprint density at radius 3 is 2.07 bits per heavy atom. The molecule has 0 spiro atoms. The summed E-state index contributed by atoms with van der Waals surface area (Å²) in [6.07, 6.45) is 0.575. The van der Waals surface area contributed by atoms with Crippen molar-refractivity contribution in [3.8, 4) is 0 Å². The number of hydrogen-bond donors (Lipinski definition) is 0. The van der Waals surface area contributed by atoms with Crippen LogP contribution in [-0.4, -0.2) is 59.6 Å². The van der Waals surface area contributed by atoms with E-state index in [1.54, 1.807) is 12.1 Å². The van der Waals surface area contributed by atoms with E-state index in [-0.39, 0.29) is 37.1 Å². The van der Waals surface area contributed by atoms with Gasteiger partial charge in [0, 0.05) is 38.0 Å². The van der Waals surface area contributed by atoms with Gasteiger partial charge in [0.25, 0.3) is 5.91 Å². The number of carbonyl (C=O) groups excluding carboxylic acids is 3. The van der Waals surface area contributed by atoms with E-state index in [0.29, 0.717) is 18.7 Å². The predicted molar refractivity (Wildman–Crippen MR) is 111 cm³/mol. The Morgan fingerprint density at radius 2 is 1.48 bits per heavy atom. The summed E-state index contributed by atoms with van der Waals surface area (Å²) in [6, 6.07) is 17.1. The number of amides is 3. The van der Waals surface area contributed by atoms with Crippen LogP contribution in [0.4, 0.5) is 0 Å². The van der Waals surface area contributed by atoms with Crippen molar-refractivity contribution in [3.63, 3.8) is 0 Å². The van der Waals surface area contributed by atoms with Crippen LogP contribution in [0.2, 0.25) is 0 Å². The molecule has 2 aromatic carbocycles. The lowest BCUT2D eigenvalue weighted by Gasteiger charge is -2.25. The fourth-order valence-electron chi connectivity index (χ4n) is 3.29. The predicted octanol–water partition coefficient (Wildman–Crippen LogP) is 2.54. The van der Waals surface area contributed by atoms with Crippen molar-refractivity contribution in [2.24, 2.45) is 0 Å². The molecule has 1 heterocycles. The minimum Gasteiger partial charge on any atom is -0.333 e. The molecule has 1 aliphatic heterocycles. The molecule has 1 fully saturated rings. The lowest BCUT2D eigenvalue weighted by molar-refractivity contribution is -0.139. The summed E-state index contributed by atoms with van der Waals surface area (Å²) in [7, 11) is 3.97. The number of rotatable bonds is 8. The maximum atomic E-state index is 13.1. The van der Waals surface area contributed by atoms with E-state index >= 15 is 0 Å². The first kappa shape index (κ1) is 20.7. The number of imide groups is 1. The summed E-state index contributed by atoms with van der Waals surface area (Å²) < 4.78 is 0. The van der Waals surface area contributed by atoms with Crippen LogP contribution in [-0.2, 0) is 22.7 Å². The molecule has 0 N–H and O–H groups in total. The first-order chi connectivity index (χ1) is 13.9. The number of benzene rings is 2. The van der Waals surface area contributed by atoms with Crippen LogP contribution in [0.3, 0.4) is 0 Å². The van der Waals surface area contributed by atoms with Gasteiger partial charge in [-0.2, -0.15) is 0 Å². The molecule has 0 unspecified atom stereocenters. The molecule has 29 heavy (non-hydrogen) atoms. The average Bonchev–Trinajstić information content (AvgIpc) is 3.04. The molecular weight excluding hydrogens is 366 g/mol. The highest BCUT2D eigenvalue weighted by atomic mass is 16.2. The van der Waals surface area contributed by atoms with Crippen LogP contribution >= 0.6 is 0 Å². The maximum Gasteiger partial charge on any atom is 0.254 e. The Hall–Kier alpha value is -2.99. The van der Waals surface area contributed by atoms with E-state index in [9.17, 15) is 14.4 Å². The van der Waals surface area contributed by atoms with Gasteiger partial charge in [0.2, 0.25) is 11.8 Å². The van der Waals surface area contributed by atoms with Gasteiger partial charge in [-0.3, -0.25) is 19.3 Å². The van der Waals surface area contributed by atoms with Crippen molar-refractivity contribution in [3.05, 3.63) is 71.3 Å². The molecule has 0 aliphatic carbocycles. The maximum absolute atomic E-state index is 13.1. The summed E-state index contributed by atoms with van der Waals surface area (Å²) in [6.45, 7) is 2.21. The highest BCUT2D eigenvalue weighted by Gasteiger charge is 2.28. The Bertz CT molecular complexity index is 847. The molecule has 0 saturated carbocycles. The van der Waals surface area contributed by atoms with E-state index < -0.39 is 0 Å². The van der Waals surface area contributed by atoms with Gasteiger partial charge < -0.3 is 9.80 Å². The fraction of sp³-hybridized carbons (Fsp3) is 0.348. The van der Waals surface area contributed by atoms with Gasteiger partial charge in [-0.15, -0.1) is 0 Å². The van der Waals surface area contributed by atoms with Gasteiger partial charge in [0.05, 0.1) is 6.54 Å². The number of likely N-dealkylation sites (tertiary alicyclic amines) is 1. The number of nitrogens with zero attached hydrogens (tertiary/aromatic N) is 3. The van der Waals surface area contributed by atoms with Crippen molar-refractivity contribution in [2.75, 3.05) is 27.2 Å². The van der Waals surface area contributed by atoms with E-state index in [1.165, 1.54) is 4.90 Å². The SMILES string of the molecule is CN(C)CCN(Cc1ccccc1)C(=O)c1ccc(CN2C(=O)CCC2=O)cc1. The molecule has 6 heteroatoms. The minimum atomic E-state index is -0.132. The molecule has 2 aromatic rings. The molecule has 0 atom stereocenters. The molecular formula is C23H27N3O3. The summed E-state index contributed by atoms with van der Waals surface area (Å²) in [5, 5.41) is 0. The molecule has 1 saturated heterocycles. The van der Waals surface area contributed by atoms with E-state index in [2.05, 4.69) is 4.90 Å². The largest absolute Gasteiger partial charge is 0.333 e. The minimum absolute atomic E-state index is 0.0319. The normalized spacial score (nSPS) is 14.0. The Kier molecular flexibility index (Phi) is 6.77. The lowest BCUT2D eigenvalue weighted by Crippen LogP contribution is -2.36. The zero-order valence-electron chi connectivity index (χ0n) is 17.0. The van der Waals surface area contributed by atoms with E-state index in [1.807, 2.05) is 61.5 Å². The van der Waals surface area contributed by atoms with Crippen molar-refractivity contribution in [2.45, 2.75) is 25.9 Å². The van der Waals surface area contributed by atoms with Crippen molar-refractivity contribution < 1.29 is 14.4 Å². The second-order valence-corrected chi connectivity index (χ2v) is 7.59. The topological polar surface area (TPSA) is 60.9 Å². The van der Waals surface area contributed by atoms with Gasteiger partial charge in [-0.25, -0.2) is 0 Å². The Balaban J connectivity index is 1.71. The molecule has 3 rings (SSSR count). The first-order valence-corrected chi connectivity index (χ1v) is 9.84. The molecule has 3 amide bonds. The third-order valence-electron chi connectivity index (χ3n) is 5.02. The zero-order valence-corrected chi connectivity index (χ0v) is 17.0. The molecule has 6 nitrogen and oxygen atoms in total. The monoisotopic (exact) mass is 393 g/mol. The summed E-state index contributed by atoms with van der Waals surface area (Å²) in [4.78, 5) is 41.9. The number of likely N-dealkylation sites (N-methyl/N-ethyl adjacent to an activating group) is 1. The van der Waals surface area contributed by atoms with Gasteiger partial charge in [0.1, 0.15) is 0 Å². The number of hydrogen-bond acceptors (Lipinski definition) is 4. The van der Waals surface area contributed by atoms with Crippen LogP contribution in [0.1, 0.15) is 34.3 Å². The standard InChI is InChI=1S/C23H27N3O3/c1-24(2)14-15-25(16-18-6-4-3-5-7-18)23(29)20-10-8-19(9-11-20)17-26-21(27)12-13-22(26)28/h3-11H,12-17H2,1-2H3. The van der Waals surface area contributed by atoms with Crippen LogP contribution in [0.15, 0.2) is 54.6 Å². The van der Waals surface area contributed by atoms with Crippen molar-refractivity contribution in [1.29, 1.82) is 0 Å². The molecule has 152 valence electrons. The molecule has 1 aliphatic rings.